The van der Waals surface area contributed by atoms with E-state index in [0.717, 1.165) is 18.7 Å². The lowest BCUT2D eigenvalue weighted by atomic mass is 10.1. The minimum atomic E-state index is -0.265. The summed E-state index contributed by atoms with van der Waals surface area (Å²) in [5.74, 6) is 1.34. The lowest BCUT2D eigenvalue weighted by Gasteiger charge is -2.34. The van der Waals surface area contributed by atoms with E-state index in [1.54, 1.807) is 24.4 Å². The number of nitrogens with one attached hydrogen (secondary N) is 2. The zero-order valence-corrected chi connectivity index (χ0v) is 15.6. The Morgan fingerprint density at radius 1 is 1.11 bits per heavy atom. The van der Waals surface area contributed by atoms with E-state index < -0.39 is 0 Å². The van der Waals surface area contributed by atoms with Gasteiger partial charge in [-0.15, -0.1) is 0 Å². The van der Waals surface area contributed by atoms with Crippen LogP contribution in [-0.4, -0.2) is 62.0 Å². The molecule has 2 aliphatic rings. The number of anilines is 1. The van der Waals surface area contributed by atoms with Crippen LogP contribution >= 0.6 is 0 Å². The van der Waals surface area contributed by atoms with Crippen LogP contribution in [0.3, 0.4) is 0 Å². The first-order chi connectivity index (χ1) is 13.8. The average molecular weight is 384 g/mol. The van der Waals surface area contributed by atoms with Crippen LogP contribution in [0.2, 0.25) is 0 Å². The minimum Gasteiger partial charge on any atom is -0.486 e. The van der Waals surface area contributed by atoms with E-state index in [-0.39, 0.29) is 12.1 Å². The molecule has 0 spiro atoms. The first-order valence-corrected chi connectivity index (χ1v) is 9.46. The van der Waals surface area contributed by atoms with E-state index >= 15 is 0 Å². The molecular formula is C20H24N4O4. The van der Waals surface area contributed by atoms with Crippen molar-refractivity contribution in [2.75, 3.05) is 51.4 Å². The van der Waals surface area contributed by atoms with Crippen molar-refractivity contribution in [1.29, 1.82) is 0 Å². The number of fused-ring (bicyclic) bond motifs is 1. The summed E-state index contributed by atoms with van der Waals surface area (Å²) in [6.45, 7) is 4.56. The number of aromatic nitrogens is 1. The van der Waals surface area contributed by atoms with Crippen LogP contribution in [0.25, 0.3) is 0 Å². The SMILES string of the molecule is O=C(NCC(c1cccnc1)N1CCOCC1)Nc1ccc2c(c1)OCCO2. The first kappa shape index (κ1) is 18.5. The van der Waals surface area contributed by atoms with Gasteiger partial charge >= 0.3 is 6.03 Å². The maximum absolute atomic E-state index is 12.4. The van der Waals surface area contributed by atoms with Crippen molar-refractivity contribution in [3.8, 4) is 11.5 Å². The Morgan fingerprint density at radius 2 is 1.93 bits per heavy atom. The molecule has 1 aromatic carbocycles. The maximum atomic E-state index is 12.4. The van der Waals surface area contributed by atoms with E-state index in [0.29, 0.717) is 50.2 Å². The molecule has 1 unspecified atom stereocenters. The number of hydrogen-bond acceptors (Lipinski definition) is 6. The highest BCUT2D eigenvalue weighted by molar-refractivity contribution is 5.89. The molecule has 4 rings (SSSR count). The smallest absolute Gasteiger partial charge is 0.319 e. The van der Waals surface area contributed by atoms with Crippen molar-refractivity contribution in [2.24, 2.45) is 0 Å². The van der Waals surface area contributed by atoms with Gasteiger partial charge in [0.1, 0.15) is 13.2 Å². The van der Waals surface area contributed by atoms with Gasteiger partial charge in [-0.2, -0.15) is 0 Å². The fourth-order valence-electron chi connectivity index (χ4n) is 3.41. The monoisotopic (exact) mass is 384 g/mol. The minimum absolute atomic E-state index is 0.0450. The number of hydrogen-bond donors (Lipinski definition) is 2. The highest BCUT2D eigenvalue weighted by atomic mass is 16.6. The summed E-state index contributed by atoms with van der Waals surface area (Å²) >= 11 is 0. The fraction of sp³-hybridized carbons (Fsp3) is 0.400. The highest BCUT2D eigenvalue weighted by Gasteiger charge is 2.23. The van der Waals surface area contributed by atoms with Crippen molar-refractivity contribution in [2.45, 2.75) is 6.04 Å². The Kier molecular flexibility index (Phi) is 5.89. The number of carbonyl (C=O) groups is 1. The van der Waals surface area contributed by atoms with Crippen LogP contribution in [0.15, 0.2) is 42.7 Å². The molecule has 148 valence electrons. The number of nitrogens with zero attached hydrogens (tertiary/aromatic N) is 2. The van der Waals surface area contributed by atoms with Crippen molar-refractivity contribution in [3.63, 3.8) is 0 Å². The number of morpholine rings is 1. The van der Waals surface area contributed by atoms with Crippen LogP contribution in [0.4, 0.5) is 10.5 Å². The zero-order chi connectivity index (χ0) is 19.2. The molecule has 0 aliphatic carbocycles. The van der Waals surface area contributed by atoms with Crippen LogP contribution < -0.4 is 20.1 Å². The molecule has 8 nitrogen and oxygen atoms in total. The second-order valence-electron chi connectivity index (χ2n) is 6.64. The van der Waals surface area contributed by atoms with E-state index in [1.807, 2.05) is 18.3 Å². The number of rotatable bonds is 5. The molecule has 0 radical (unpaired) electrons. The molecule has 1 saturated heterocycles. The van der Waals surface area contributed by atoms with Crippen molar-refractivity contribution in [1.82, 2.24) is 15.2 Å². The summed E-state index contributed by atoms with van der Waals surface area (Å²) in [6.07, 6.45) is 3.60. The zero-order valence-electron chi connectivity index (χ0n) is 15.6. The molecule has 2 aromatic rings. The predicted molar refractivity (Wildman–Crippen MR) is 104 cm³/mol. The topological polar surface area (TPSA) is 85.0 Å². The van der Waals surface area contributed by atoms with Gasteiger partial charge in [-0.3, -0.25) is 9.88 Å². The molecule has 28 heavy (non-hydrogen) atoms. The van der Waals surface area contributed by atoms with Gasteiger partial charge in [-0.05, 0) is 23.8 Å². The average Bonchev–Trinajstić information content (AvgIpc) is 2.75. The molecule has 2 aliphatic heterocycles. The standard InChI is InChI=1S/C20H24N4O4/c25-20(23-16-3-4-18-19(12-16)28-11-10-27-18)22-14-17(15-2-1-5-21-13-15)24-6-8-26-9-7-24/h1-5,12-13,17H,6-11,14H2,(H2,22,23,25). The van der Waals surface area contributed by atoms with Gasteiger partial charge in [-0.1, -0.05) is 6.07 Å². The quantitative estimate of drug-likeness (QED) is 0.821. The van der Waals surface area contributed by atoms with E-state index in [9.17, 15) is 4.79 Å². The summed E-state index contributed by atoms with van der Waals surface area (Å²) < 4.78 is 16.5. The Morgan fingerprint density at radius 3 is 2.71 bits per heavy atom. The predicted octanol–water partition coefficient (Wildman–Crippen LogP) is 2.05. The lowest BCUT2D eigenvalue weighted by Crippen LogP contribution is -2.44. The van der Waals surface area contributed by atoms with Gasteiger partial charge in [0.2, 0.25) is 0 Å². The van der Waals surface area contributed by atoms with Crippen molar-refractivity contribution < 1.29 is 19.0 Å². The molecule has 1 fully saturated rings. The number of amides is 2. The molecule has 1 aromatic heterocycles. The summed E-state index contributed by atoms with van der Waals surface area (Å²) in [5.41, 5.74) is 1.73. The van der Waals surface area contributed by atoms with Crippen molar-refractivity contribution >= 4 is 11.7 Å². The van der Waals surface area contributed by atoms with Gasteiger partial charge in [0.25, 0.3) is 0 Å². The Hall–Kier alpha value is -2.84. The van der Waals surface area contributed by atoms with E-state index in [1.165, 1.54) is 0 Å². The molecular weight excluding hydrogens is 360 g/mol. The third-order valence-electron chi connectivity index (χ3n) is 4.81. The number of pyridine rings is 1. The summed E-state index contributed by atoms with van der Waals surface area (Å²) in [4.78, 5) is 19.0. The molecule has 0 bridgehead atoms. The first-order valence-electron chi connectivity index (χ1n) is 9.46. The van der Waals surface area contributed by atoms with Crippen LogP contribution in [0.5, 0.6) is 11.5 Å². The summed E-state index contributed by atoms with van der Waals surface area (Å²) in [7, 11) is 0. The van der Waals surface area contributed by atoms with E-state index in [2.05, 4.69) is 20.5 Å². The Labute approximate surface area is 163 Å². The maximum Gasteiger partial charge on any atom is 0.319 e. The molecule has 2 N–H and O–H groups in total. The number of carbonyl (C=O) groups excluding carboxylic acids is 1. The number of ether oxygens (including phenoxy) is 3. The molecule has 8 heteroatoms. The van der Waals surface area contributed by atoms with Gasteiger partial charge in [0.15, 0.2) is 11.5 Å². The molecule has 2 amide bonds. The van der Waals surface area contributed by atoms with Gasteiger partial charge < -0.3 is 24.8 Å². The van der Waals surface area contributed by atoms with Gasteiger partial charge in [0, 0.05) is 43.8 Å². The van der Waals surface area contributed by atoms with Crippen LogP contribution in [0, 0.1) is 0 Å². The largest absolute Gasteiger partial charge is 0.486 e. The second kappa shape index (κ2) is 8.90. The Balaban J connectivity index is 1.38. The third-order valence-corrected chi connectivity index (χ3v) is 4.81. The van der Waals surface area contributed by atoms with Gasteiger partial charge in [0.05, 0.1) is 19.3 Å². The van der Waals surface area contributed by atoms with Gasteiger partial charge in [-0.25, -0.2) is 4.79 Å². The molecule has 0 saturated carbocycles. The normalized spacial score (nSPS) is 17.6. The summed E-state index contributed by atoms with van der Waals surface area (Å²) in [5, 5.41) is 5.83. The van der Waals surface area contributed by atoms with Crippen LogP contribution in [0.1, 0.15) is 11.6 Å². The molecule has 3 heterocycles. The number of urea groups is 1. The number of benzene rings is 1. The highest BCUT2D eigenvalue weighted by Crippen LogP contribution is 2.32. The fourth-order valence-corrected chi connectivity index (χ4v) is 3.41. The third kappa shape index (κ3) is 4.52. The lowest BCUT2D eigenvalue weighted by molar-refractivity contribution is 0.0167. The summed E-state index contributed by atoms with van der Waals surface area (Å²) in [6, 6.07) is 9.10. The Bertz CT molecular complexity index is 796. The van der Waals surface area contributed by atoms with E-state index in [4.69, 9.17) is 14.2 Å². The van der Waals surface area contributed by atoms with Crippen molar-refractivity contribution in [3.05, 3.63) is 48.3 Å². The molecule has 1 atom stereocenters. The second-order valence-corrected chi connectivity index (χ2v) is 6.64. The van der Waals surface area contributed by atoms with Crippen LogP contribution in [-0.2, 0) is 4.74 Å².